The molecule has 0 saturated carbocycles. The molecule has 4 nitrogen and oxygen atoms in total. The number of hydrogen-bond acceptors (Lipinski definition) is 3. The van der Waals surface area contributed by atoms with E-state index in [-0.39, 0.29) is 31.0 Å². The summed E-state index contributed by atoms with van der Waals surface area (Å²) in [6.07, 6.45) is 0. The Morgan fingerprint density at radius 1 is 1.70 bits per heavy atom. The highest BCUT2D eigenvalue weighted by Crippen LogP contribution is 1.84. The van der Waals surface area contributed by atoms with Crippen LogP contribution in [0.15, 0.2) is 0 Å². The van der Waals surface area contributed by atoms with Crippen LogP contribution in [0, 0.1) is 0 Å². The molecule has 0 radical (unpaired) electrons. The van der Waals surface area contributed by atoms with Gasteiger partial charge in [-0.05, 0) is 0 Å². The molecule has 0 spiro atoms. The van der Waals surface area contributed by atoms with Crippen LogP contribution in [0.1, 0.15) is 0 Å². The number of hydrogen-bond donors (Lipinski definition) is 3. The lowest BCUT2D eigenvalue weighted by Crippen LogP contribution is -2.53. The Hall–Kier alpha value is -0.320. The summed E-state index contributed by atoms with van der Waals surface area (Å²) >= 11 is 0. The highest BCUT2D eigenvalue weighted by molar-refractivity contribution is 5.85. The number of piperazine rings is 1. The number of aliphatic hydroxyl groups is 1. The Morgan fingerprint density at radius 2 is 2.40 bits per heavy atom. The van der Waals surface area contributed by atoms with Gasteiger partial charge in [0.05, 0.1) is 19.2 Å². The summed E-state index contributed by atoms with van der Waals surface area (Å²) in [4.78, 5) is 10.5. The highest BCUT2D eigenvalue weighted by Gasteiger charge is 2.15. The zero-order valence-electron chi connectivity index (χ0n) is 5.46. The van der Waals surface area contributed by atoms with E-state index in [1.165, 1.54) is 0 Å². The van der Waals surface area contributed by atoms with Crippen molar-refractivity contribution in [2.24, 2.45) is 0 Å². The molecule has 60 valence electrons. The Kier molecular flexibility index (Phi) is 4.34. The van der Waals surface area contributed by atoms with Crippen LogP contribution in [0.4, 0.5) is 0 Å². The van der Waals surface area contributed by atoms with Gasteiger partial charge in [-0.3, -0.25) is 4.79 Å². The van der Waals surface area contributed by atoms with E-state index in [1.807, 2.05) is 0 Å². The molecule has 1 aliphatic rings. The van der Waals surface area contributed by atoms with Gasteiger partial charge >= 0.3 is 0 Å². The smallest absolute Gasteiger partial charge is 0.234 e. The summed E-state index contributed by atoms with van der Waals surface area (Å²) in [5, 5.41) is 14.0. The van der Waals surface area contributed by atoms with E-state index >= 15 is 0 Å². The fraction of sp³-hybridized carbons (Fsp3) is 0.800. The van der Waals surface area contributed by atoms with E-state index in [1.54, 1.807) is 0 Å². The molecule has 0 aromatic carbocycles. The van der Waals surface area contributed by atoms with Gasteiger partial charge in [-0.2, -0.15) is 0 Å². The Balaban J connectivity index is 0.000000810. The predicted molar refractivity (Wildman–Crippen MR) is 39.1 cm³/mol. The minimum atomic E-state index is -0.0914. The maximum atomic E-state index is 10.5. The molecular formula is C5H11ClN2O2. The molecule has 1 amide bonds. The van der Waals surface area contributed by atoms with E-state index in [9.17, 15) is 4.79 Å². The molecule has 3 N–H and O–H groups in total. The van der Waals surface area contributed by atoms with Crippen LogP contribution < -0.4 is 10.6 Å². The summed E-state index contributed by atoms with van der Waals surface area (Å²) in [7, 11) is 0. The van der Waals surface area contributed by atoms with Crippen molar-refractivity contribution >= 4 is 18.3 Å². The normalized spacial score (nSPS) is 24.9. The largest absolute Gasteiger partial charge is 0.394 e. The second kappa shape index (κ2) is 4.49. The standard InChI is InChI=1S/C5H10N2O2.ClH/c8-3-4-1-6-2-5(9)7-4;/h4,6,8H,1-3H2,(H,7,9);1H/t4-;/m0./s1. The molecule has 0 aromatic rings. The van der Waals surface area contributed by atoms with Crippen molar-refractivity contribution in [2.75, 3.05) is 19.7 Å². The lowest BCUT2D eigenvalue weighted by Gasteiger charge is -2.21. The van der Waals surface area contributed by atoms with Crippen LogP contribution in [0.5, 0.6) is 0 Å². The maximum Gasteiger partial charge on any atom is 0.234 e. The number of halogens is 1. The average molecular weight is 167 g/mol. The minimum absolute atomic E-state index is 0. The quantitative estimate of drug-likeness (QED) is 0.444. The summed E-state index contributed by atoms with van der Waals surface area (Å²) < 4.78 is 0. The number of nitrogens with one attached hydrogen (secondary N) is 2. The van der Waals surface area contributed by atoms with Crippen molar-refractivity contribution in [3.05, 3.63) is 0 Å². The number of carbonyl (C=O) groups is 1. The van der Waals surface area contributed by atoms with Crippen molar-refractivity contribution in [2.45, 2.75) is 6.04 Å². The van der Waals surface area contributed by atoms with Crippen LogP contribution in [-0.2, 0) is 4.79 Å². The van der Waals surface area contributed by atoms with Crippen molar-refractivity contribution in [1.29, 1.82) is 0 Å². The van der Waals surface area contributed by atoms with Crippen LogP contribution >= 0.6 is 12.4 Å². The van der Waals surface area contributed by atoms with Crippen molar-refractivity contribution in [3.8, 4) is 0 Å². The fourth-order valence-corrected chi connectivity index (χ4v) is 0.800. The second-order valence-corrected chi connectivity index (χ2v) is 2.08. The van der Waals surface area contributed by atoms with Crippen LogP contribution in [0.3, 0.4) is 0 Å². The van der Waals surface area contributed by atoms with E-state index in [0.29, 0.717) is 13.1 Å². The zero-order valence-corrected chi connectivity index (χ0v) is 6.28. The second-order valence-electron chi connectivity index (χ2n) is 2.08. The highest BCUT2D eigenvalue weighted by atomic mass is 35.5. The topological polar surface area (TPSA) is 61.4 Å². The molecule has 1 fully saturated rings. The molecule has 1 aliphatic heterocycles. The van der Waals surface area contributed by atoms with E-state index in [4.69, 9.17) is 5.11 Å². The number of carbonyl (C=O) groups excluding carboxylic acids is 1. The Bertz CT molecular complexity index is 120. The molecule has 0 bridgehead atoms. The van der Waals surface area contributed by atoms with Gasteiger partial charge in [-0.1, -0.05) is 0 Å². The molecule has 10 heavy (non-hydrogen) atoms. The third kappa shape index (κ3) is 2.51. The predicted octanol–water partition coefficient (Wildman–Crippen LogP) is -1.51. The lowest BCUT2D eigenvalue weighted by atomic mass is 10.2. The van der Waals surface area contributed by atoms with Crippen molar-refractivity contribution in [3.63, 3.8) is 0 Å². The zero-order chi connectivity index (χ0) is 6.69. The number of amides is 1. The average Bonchev–Trinajstić information content (AvgIpc) is 1.88. The first-order valence-electron chi connectivity index (χ1n) is 2.94. The van der Waals surface area contributed by atoms with Crippen molar-refractivity contribution in [1.82, 2.24) is 10.6 Å². The molecule has 1 rings (SSSR count). The van der Waals surface area contributed by atoms with Crippen LogP contribution in [0.25, 0.3) is 0 Å². The first-order chi connectivity index (χ1) is 4.33. The van der Waals surface area contributed by atoms with E-state index in [0.717, 1.165) is 0 Å². The van der Waals surface area contributed by atoms with Gasteiger partial charge in [0.1, 0.15) is 0 Å². The van der Waals surface area contributed by atoms with Crippen molar-refractivity contribution < 1.29 is 9.90 Å². The third-order valence-electron chi connectivity index (χ3n) is 1.26. The van der Waals surface area contributed by atoms with Gasteiger partial charge < -0.3 is 15.7 Å². The summed E-state index contributed by atoms with van der Waals surface area (Å²) in [6, 6.07) is -0.0914. The molecule has 1 atom stereocenters. The summed E-state index contributed by atoms with van der Waals surface area (Å²) in [5.41, 5.74) is 0. The maximum absolute atomic E-state index is 10.5. The first kappa shape index (κ1) is 9.68. The van der Waals surface area contributed by atoms with Gasteiger partial charge in [-0.15, -0.1) is 12.4 Å². The lowest BCUT2D eigenvalue weighted by molar-refractivity contribution is -0.122. The van der Waals surface area contributed by atoms with E-state index in [2.05, 4.69) is 10.6 Å². The number of aliphatic hydroxyl groups excluding tert-OH is 1. The molecule has 0 aromatic heterocycles. The molecular weight excluding hydrogens is 156 g/mol. The molecule has 0 unspecified atom stereocenters. The molecule has 1 saturated heterocycles. The minimum Gasteiger partial charge on any atom is -0.394 e. The molecule has 5 heteroatoms. The van der Waals surface area contributed by atoms with Crippen LogP contribution in [-0.4, -0.2) is 36.8 Å². The Labute approximate surface area is 65.4 Å². The van der Waals surface area contributed by atoms with Gasteiger partial charge in [0.15, 0.2) is 0 Å². The SMILES string of the molecule is Cl.O=C1CNC[C@@H](CO)N1. The monoisotopic (exact) mass is 166 g/mol. The van der Waals surface area contributed by atoms with Gasteiger partial charge in [-0.25, -0.2) is 0 Å². The first-order valence-corrected chi connectivity index (χ1v) is 2.94. The van der Waals surface area contributed by atoms with Gasteiger partial charge in [0, 0.05) is 6.54 Å². The summed E-state index contributed by atoms with van der Waals surface area (Å²) in [6.45, 7) is 1.05. The number of rotatable bonds is 1. The van der Waals surface area contributed by atoms with E-state index < -0.39 is 0 Å². The van der Waals surface area contributed by atoms with Crippen LogP contribution in [0.2, 0.25) is 0 Å². The fourth-order valence-electron chi connectivity index (χ4n) is 0.800. The van der Waals surface area contributed by atoms with Gasteiger partial charge in [0.25, 0.3) is 0 Å². The molecule has 0 aliphatic carbocycles. The summed E-state index contributed by atoms with van der Waals surface area (Å²) in [5.74, 6) is -0.0414. The van der Waals surface area contributed by atoms with Gasteiger partial charge in [0.2, 0.25) is 5.91 Å². The Morgan fingerprint density at radius 3 is 2.80 bits per heavy atom. The molecule has 1 heterocycles. The third-order valence-corrected chi connectivity index (χ3v) is 1.26.